The van der Waals surface area contributed by atoms with Crippen LogP contribution < -0.4 is 0 Å². The van der Waals surface area contributed by atoms with E-state index in [0.29, 0.717) is 0 Å². The Labute approximate surface area is 109 Å². The van der Waals surface area contributed by atoms with Crippen LogP contribution in [0.15, 0.2) is 11.8 Å². The van der Waals surface area contributed by atoms with Crippen molar-refractivity contribution >= 4 is 12.6 Å². The maximum Gasteiger partial charge on any atom is 0.126 e. The molecule has 1 fully saturated rings. The molecule has 2 rings (SSSR count). The molecule has 0 aromatic rings. The van der Waals surface area contributed by atoms with Gasteiger partial charge in [0.05, 0.1) is 6.26 Å². The molecule has 0 aromatic heterocycles. The molecule has 3 heteroatoms. The van der Waals surface area contributed by atoms with Crippen LogP contribution in [0.3, 0.4) is 0 Å². The highest BCUT2D eigenvalue weighted by Crippen LogP contribution is 2.58. The molecule has 1 aliphatic heterocycles. The van der Waals surface area contributed by atoms with Crippen molar-refractivity contribution in [3.8, 4) is 0 Å². The number of hydrogen-bond donors (Lipinski definition) is 0. The topological polar surface area (TPSA) is 43.4 Å². The van der Waals surface area contributed by atoms with E-state index >= 15 is 0 Å². The zero-order valence-electron chi connectivity index (χ0n) is 11.6. The van der Waals surface area contributed by atoms with Gasteiger partial charge < -0.3 is 14.3 Å². The van der Waals surface area contributed by atoms with Crippen LogP contribution in [0.25, 0.3) is 0 Å². The summed E-state index contributed by atoms with van der Waals surface area (Å²) in [7, 11) is 0. The number of fused-ring (bicyclic) bond motifs is 1. The third-order valence-corrected chi connectivity index (χ3v) is 5.02. The van der Waals surface area contributed by atoms with Crippen molar-refractivity contribution in [2.24, 2.45) is 22.7 Å². The van der Waals surface area contributed by atoms with Crippen LogP contribution in [0.4, 0.5) is 0 Å². The fourth-order valence-electron chi connectivity index (χ4n) is 3.82. The zero-order valence-corrected chi connectivity index (χ0v) is 11.6. The van der Waals surface area contributed by atoms with Crippen molar-refractivity contribution in [1.29, 1.82) is 0 Å². The van der Waals surface area contributed by atoms with E-state index in [9.17, 15) is 9.59 Å². The molecule has 1 aliphatic carbocycles. The van der Waals surface area contributed by atoms with E-state index in [-0.39, 0.29) is 28.8 Å². The average molecular weight is 250 g/mol. The summed E-state index contributed by atoms with van der Waals surface area (Å²) >= 11 is 0. The molecule has 0 amide bonds. The van der Waals surface area contributed by atoms with E-state index < -0.39 is 0 Å². The molecule has 0 aromatic carbocycles. The third kappa shape index (κ3) is 1.63. The number of aldehydes is 2. The summed E-state index contributed by atoms with van der Waals surface area (Å²) in [6.07, 6.45) is 5.69. The van der Waals surface area contributed by atoms with Crippen LogP contribution in [0.1, 0.15) is 40.5 Å². The molecule has 0 saturated heterocycles. The quantitative estimate of drug-likeness (QED) is 0.723. The predicted octanol–water partition coefficient (Wildman–Crippen LogP) is 2.75. The lowest BCUT2D eigenvalue weighted by molar-refractivity contribution is -0.129. The molecule has 18 heavy (non-hydrogen) atoms. The summed E-state index contributed by atoms with van der Waals surface area (Å²) < 4.78 is 5.74. The lowest BCUT2D eigenvalue weighted by Crippen LogP contribution is -2.51. The van der Waals surface area contributed by atoms with Gasteiger partial charge in [-0.25, -0.2) is 0 Å². The van der Waals surface area contributed by atoms with E-state index in [0.717, 1.165) is 31.0 Å². The number of carbonyl (C=O) groups excluding carboxylic acids is 2. The Bertz CT molecular complexity index is 397. The molecule has 3 nitrogen and oxygen atoms in total. The predicted molar refractivity (Wildman–Crippen MR) is 68.9 cm³/mol. The highest BCUT2D eigenvalue weighted by molar-refractivity contribution is 5.64. The van der Waals surface area contributed by atoms with Crippen LogP contribution in [0.5, 0.6) is 0 Å². The van der Waals surface area contributed by atoms with E-state index in [1.807, 2.05) is 6.92 Å². The Morgan fingerprint density at radius 2 is 2.06 bits per heavy atom. The maximum atomic E-state index is 11.6. The molecule has 0 unspecified atom stereocenters. The molecule has 1 saturated carbocycles. The van der Waals surface area contributed by atoms with Gasteiger partial charge in [-0.15, -0.1) is 0 Å². The molecule has 2 aliphatic rings. The van der Waals surface area contributed by atoms with Gasteiger partial charge in [0.25, 0.3) is 0 Å². The van der Waals surface area contributed by atoms with E-state index in [2.05, 4.69) is 20.8 Å². The number of carbonyl (C=O) groups is 2. The van der Waals surface area contributed by atoms with Gasteiger partial charge in [0.1, 0.15) is 18.7 Å². The van der Waals surface area contributed by atoms with Crippen molar-refractivity contribution in [2.45, 2.75) is 46.6 Å². The van der Waals surface area contributed by atoms with Crippen LogP contribution in [-0.2, 0) is 14.3 Å². The Hall–Kier alpha value is -1.12. The van der Waals surface area contributed by atoms with Crippen molar-refractivity contribution in [3.63, 3.8) is 0 Å². The third-order valence-electron chi connectivity index (χ3n) is 5.02. The molecule has 0 N–H and O–H groups in total. The summed E-state index contributed by atoms with van der Waals surface area (Å²) in [4.78, 5) is 22.7. The maximum absolute atomic E-state index is 11.6. The lowest BCUT2D eigenvalue weighted by atomic mass is 9.53. The molecule has 0 spiro atoms. The fourth-order valence-corrected chi connectivity index (χ4v) is 3.82. The highest BCUT2D eigenvalue weighted by atomic mass is 16.5. The van der Waals surface area contributed by atoms with Crippen LogP contribution in [0, 0.1) is 22.7 Å². The van der Waals surface area contributed by atoms with Gasteiger partial charge in [0.2, 0.25) is 0 Å². The van der Waals surface area contributed by atoms with Gasteiger partial charge in [-0.05, 0) is 23.8 Å². The van der Waals surface area contributed by atoms with Crippen molar-refractivity contribution in [3.05, 3.63) is 11.8 Å². The Morgan fingerprint density at radius 3 is 2.61 bits per heavy atom. The summed E-state index contributed by atoms with van der Waals surface area (Å²) in [6, 6.07) is 0. The van der Waals surface area contributed by atoms with Gasteiger partial charge in [-0.3, -0.25) is 0 Å². The standard InChI is InChI=1S/C15H22O3/c1-10(7-16)11-9-18-13-5-6-14(2,3)12(8-17)15(11,13)4/h7-10,12-13H,5-6H2,1-4H3/t10-,12+,13+,15-/m0/s1. The fraction of sp³-hybridized carbons (Fsp3) is 0.733. The van der Waals surface area contributed by atoms with Crippen molar-refractivity contribution < 1.29 is 14.3 Å². The zero-order chi connectivity index (χ0) is 13.6. The molecule has 1 heterocycles. The monoisotopic (exact) mass is 250 g/mol. The van der Waals surface area contributed by atoms with Gasteiger partial charge in [0.15, 0.2) is 0 Å². The SMILES string of the molecule is C[C@@H](C=O)C1=CO[C@@H]2CCC(C)(C)[C@@H](C=O)[C@]12C. The summed E-state index contributed by atoms with van der Waals surface area (Å²) in [5.41, 5.74) is 0.610. The van der Waals surface area contributed by atoms with E-state index in [1.165, 1.54) is 0 Å². The number of rotatable bonds is 3. The highest BCUT2D eigenvalue weighted by Gasteiger charge is 2.57. The summed E-state index contributed by atoms with van der Waals surface area (Å²) in [6.45, 7) is 8.22. The van der Waals surface area contributed by atoms with Crippen molar-refractivity contribution in [1.82, 2.24) is 0 Å². The molecule has 0 radical (unpaired) electrons. The Morgan fingerprint density at radius 1 is 1.39 bits per heavy atom. The number of hydrogen-bond acceptors (Lipinski definition) is 3. The second-order valence-electron chi connectivity index (χ2n) is 6.55. The largest absolute Gasteiger partial charge is 0.497 e. The Balaban J connectivity index is 2.45. The molecule has 100 valence electrons. The molecular weight excluding hydrogens is 228 g/mol. The first-order valence-electron chi connectivity index (χ1n) is 6.64. The minimum absolute atomic E-state index is 0.0393. The van der Waals surface area contributed by atoms with Gasteiger partial charge in [-0.1, -0.05) is 27.7 Å². The molecular formula is C15H22O3. The first kappa shape index (κ1) is 13.3. The van der Waals surface area contributed by atoms with E-state index in [4.69, 9.17) is 4.74 Å². The summed E-state index contributed by atoms with van der Waals surface area (Å²) in [5.74, 6) is -0.281. The van der Waals surface area contributed by atoms with Crippen LogP contribution >= 0.6 is 0 Å². The van der Waals surface area contributed by atoms with Gasteiger partial charge in [0, 0.05) is 17.3 Å². The second kappa shape index (κ2) is 4.22. The van der Waals surface area contributed by atoms with Crippen LogP contribution in [-0.4, -0.2) is 18.7 Å². The minimum atomic E-state index is -0.330. The Kier molecular flexibility index (Phi) is 3.12. The minimum Gasteiger partial charge on any atom is -0.497 e. The normalized spacial score (nSPS) is 39.2. The molecule has 0 bridgehead atoms. The lowest BCUT2D eigenvalue weighted by Gasteiger charge is -2.50. The van der Waals surface area contributed by atoms with Gasteiger partial charge in [-0.2, -0.15) is 0 Å². The number of ether oxygens (including phenoxy) is 1. The smallest absolute Gasteiger partial charge is 0.126 e. The first-order valence-corrected chi connectivity index (χ1v) is 6.64. The van der Waals surface area contributed by atoms with Crippen molar-refractivity contribution in [2.75, 3.05) is 0 Å². The average Bonchev–Trinajstić information content (AvgIpc) is 2.64. The molecule has 4 atom stereocenters. The second-order valence-corrected chi connectivity index (χ2v) is 6.55. The van der Waals surface area contributed by atoms with E-state index in [1.54, 1.807) is 6.26 Å². The summed E-state index contributed by atoms with van der Waals surface area (Å²) in [5, 5.41) is 0. The van der Waals surface area contributed by atoms with Crippen LogP contribution in [0.2, 0.25) is 0 Å². The van der Waals surface area contributed by atoms with Gasteiger partial charge >= 0.3 is 0 Å². The first-order chi connectivity index (χ1) is 8.37.